The van der Waals surface area contributed by atoms with E-state index in [-0.39, 0.29) is 11.6 Å². The molecule has 1 aliphatic rings. The van der Waals surface area contributed by atoms with Gasteiger partial charge in [-0.15, -0.1) is 0 Å². The van der Waals surface area contributed by atoms with Crippen LogP contribution in [0.2, 0.25) is 0 Å². The van der Waals surface area contributed by atoms with Gasteiger partial charge in [0, 0.05) is 12.0 Å². The topological polar surface area (TPSA) is 34.1 Å². The van der Waals surface area contributed by atoms with Gasteiger partial charge in [0.15, 0.2) is 0 Å². The van der Waals surface area contributed by atoms with Crippen molar-refractivity contribution in [3.63, 3.8) is 0 Å². The summed E-state index contributed by atoms with van der Waals surface area (Å²) >= 11 is 0. The summed E-state index contributed by atoms with van der Waals surface area (Å²) in [7, 11) is 0. The van der Waals surface area contributed by atoms with E-state index < -0.39 is 0 Å². The Morgan fingerprint density at radius 3 is 2.73 bits per heavy atom. The van der Waals surface area contributed by atoms with Gasteiger partial charge >= 0.3 is 0 Å². The SMILES string of the molecule is CCc1ccc2c(c1)CCCC(=O)C2=O. The highest BCUT2D eigenvalue weighted by molar-refractivity contribution is 6.44. The average molecular weight is 202 g/mol. The summed E-state index contributed by atoms with van der Waals surface area (Å²) < 4.78 is 0. The Hall–Kier alpha value is -1.44. The van der Waals surface area contributed by atoms with Gasteiger partial charge in [-0.2, -0.15) is 0 Å². The minimum Gasteiger partial charge on any atom is -0.290 e. The predicted molar refractivity (Wildman–Crippen MR) is 58.1 cm³/mol. The van der Waals surface area contributed by atoms with Crippen molar-refractivity contribution >= 4 is 11.6 Å². The Morgan fingerprint density at radius 2 is 2.00 bits per heavy atom. The monoisotopic (exact) mass is 202 g/mol. The third kappa shape index (κ3) is 1.84. The van der Waals surface area contributed by atoms with Gasteiger partial charge in [0.2, 0.25) is 11.6 Å². The number of benzene rings is 1. The molecule has 0 saturated heterocycles. The van der Waals surface area contributed by atoms with E-state index >= 15 is 0 Å². The minimum absolute atomic E-state index is 0.238. The van der Waals surface area contributed by atoms with E-state index in [4.69, 9.17) is 0 Å². The molecule has 0 amide bonds. The molecule has 0 aliphatic heterocycles. The Bertz CT molecular complexity index is 419. The maximum atomic E-state index is 11.7. The highest BCUT2D eigenvalue weighted by Gasteiger charge is 2.22. The van der Waals surface area contributed by atoms with E-state index in [0.717, 1.165) is 24.8 Å². The second kappa shape index (κ2) is 3.97. The fourth-order valence-electron chi connectivity index (χ4n) is 2.00. The number of hydrogen-bond acceptors (Lipinski definition) is 2. The maximum Gasteiger partial charge on any atom is 0.228 e. The third-order valence-electron chi connectivity index (χ3n) is 2.93. The van der Waals surface area contributed by atoms with Crippen LogP contribution in [0.4, 0.5) is 0 Å². The van der Waals surface area contributed by atoms with Crippen LogP contribution in [-0.4, -0.2) is 11.6 Å². The van der Waals surface area contributed by atoms with E-state index in [1.807, 2.05) is 6.07 Å². The normalized spacial score (nSPS) is 16.1. The molecule has 15 heavy (non-hydrogen) atoms. The molecule has 0 saturated carbocycles. The molecule has 2 nitrogen and oxygen atoms in total. The molecule has 1 aliphatic carbocycles. The predicted octanol–water partition coefficient (Wildman–Crippen LogP) is 2.34. The van der Waals surface area contributed by atoms with Gasteiger partial charge in [-0.1, -0.05) is 25.1 Å². The molecule has 1 aromatic rings. The molecule has 1 aromatic carbocycles. The van der Waals surface area contributed by atoms with Gasteiger partial charge in [-0.05, 0) is 30.4 Å². The molecule has 2 heteroatoms. The minimum atomic E-state index is -0.301. The van der Waals surface area contributed by atoms with Gasteiger partial charge in [0.05, 0.1) is 0 Å². The molecule has 78 valence electrons. The van der Waals surface area contributed by atoms with Gasteiger partial charge in [-0.25, -0.2) is 0 Å². The van der Waals surface area contributed by atoms with Crippen LogP contribution in [0.3, 0.4) is 0 Å². The van der Waals surface area contributed by atoms with E-state index in [9.17, 15) is 9.59 Å². The number of aryl methyl sites for hydroxylation is 2. The van der Waals surface area contributed by atoms with Crippen molar-refractivity contribution in [2.75, 3.05) is 0 Å². The Balaban J connectivity index is 2.48. The summed E-state index contributed by atoms with van der Waals surface area (Å²) in [5, 5.41) is 0. The average Bonchev–Trinajstić information content (AvgIpc) is 2.40. The molecule has 0 heterocycles. The lowest BCUT2D eigenvalue weighted by molar-refractivity contribution is -0.115. The van der Waals surface area contributed by atoms with Crippen LogP contribution in [0.15, 0.2) is 18.2 Å². The smallest absolute Gasteiger partial charge is 0.228 e. The molecule has 0 fully saturated rings. The number of fused-ring (bicyclic) bond motifs is 1. The largest absolute Gasteiger partial charge is 0.290 e. The fourth-order valence-corrected chi connectivity index (χ4v) is 2.00. The molecule has 0 atom stereocenters. The zero-order valence-electron chi connectivity index (χ0n) is 8.88. The summed E-state index contributed by atoms with van der Waals surface area (Å²) in [5.74, 6) is -0.539. The molecular formula is C13H14O2. The van der Waals surface area contributed by atoms with E-state index in [1.54, 1.807) is 6.07 Å². The van der Waals surface area contributed by atoms with Gasteiger partial charge in [0.25, 0.3) is 0 Å². The first-order valence-corrected chi connectivity index (χ1v) is 5.41. The molecule has 0 radical (unpaired) electrons. The maximum absolute atomic E-state index is 11.7. The van der Waals surface area contributed by atoms with Gasteiger partial charge in [-0.3, -0.25) is 9.59 Å². The second-order valence-electron chi connectivity index (χ2n) is 3.95. The Kier molecular flexibility index (Phi) is 2.67. The molecule has 0 N–H and O–H groups in total. The summed E-state index contributed by atoms with van der Waals surface area (Å²) in [4.78, 5) is 23.1. The number of hydrogen-bond donors (Lipinski definition) is 0. The highest BCUT2D eigenvalue weighted by atomic mass is 16.2. The number of rotatable bonds is 1. The van der Waals surface area contributed by atoms with Crippen LogP contribution < -0.4 is 0 Å². The summed E-state index contributed by atoms with van der Waals surface area (Å²) in [5.41, 5.74) is 2.90. The lowest BCUT2D eigenvalue weighted by Gasteiger charge is -2.05. The van der Waals surface area contributed by atoms with Crippen molar-refractivity contribution in [2.45, 2.75) is 32.6 Å². The number of Topliss-reactive ketones (excluding diaryl/α,β-unsaturated/α-hetero) is 2. The Morgan fingerprint density at radius 1 is 1.20 bits per heavy atom. The zero-order valence-corrected chi connectivity index (χ0v) is 8.88. The highest BCUT2D eigenvalue weighted by Crippen LogP contribution is 2.20. The first-order chi connectivity index (χ1) is 7.22. The van der Waals surface area contributed by atoms with Crippen LogP contribution in [0, 0.1) is 0 Å². The Labute approximate surface area is 89.3 Å². The van der Waals surface area contributed by atoms with Crippen LogP contribution in [0.25, 0.3) is 0 Å². The zero-order chi connectivity index (χ0) is 10.8. The first-order valence-electron chi connectivity index (χ1n) is 5.41. The standard InChI is InChI=1S/C13H14O2/c1-2-9-6-7-11-10(8-9)4-3-5-12(14)13(11)15/h6-8H,2-5H2,1H3. The van der Waals surface area contributed by atoms with Crippen LogP contribution >= 0.6 is 0 Å². The second-order valence-corrected chi connectivity index (χ2v) is 3.95. The van der Waals surface area contributed by atoms with Gasteiger partial charge < -0.3 is 0 Å². The lowest BCUT2D eigenvalue weighted by atomic mass is 9.98. The summed E-state index contributed by atoms with van der Waals surface area (Å²) in [6.07, 6.45) is 3.01. The molecular weight excluding hydrogens is 188 g/mol. The van der Waals surface area contributed by atoms with Crippen molar-refractivity contribution in [2.24, 2.45) is 0 Å². The van der Waals surface area contributed by atoms with Crippen molar-refractivity contribution in [3.8, 4) is 0 Å². The van der Waals surface area contributed by atoms with Crippen LogP contribution in [0.1, 0.15) is 41.3 Å². The molecule has 0 aromatic heterocycles. The van der Waals surface area contributed by atoms with Crippen molar-refractivity contribution < 1.29 is 9.59 Å². The van der Waals surface area contributed by atoms with Crippen molar-refractivity contribution in [3.05, 3.63) is 34.9 Å². The number of carbonyl (C=O) groups excluding carboxylic acids is 2. The first kappa shape index (κ1) is 10.1. The van der Waals surface area contributed by atoms with Crippen molar-refractivity contribution in [1.29, 1.82) is 0 Å². The number of carbonyl (C=O) groups is 2. The summed E-state index contributed by atoms with van der Waals surface area (Å²) in [6.45, 7) is 2.09. The molecule has 2 rings (SSSR count). The molecule has 0 bridgehead atoms. The quantitative estimate of drug-likeness (QED) is 0.517. The third-order valence-corrected chi connectivity index (χ3v) is 2.93. The number of ketones is 2. The van der Waals surface area contributed by atoms with Crippen molar-refractivity contribution in [1.82, 2.24) is 0 Å². The molecule has 0 unspecified atom stereocenters. The fraction of sp³-hybridized carbons (Fsp3) is 0.385. The lowest BCUT2D eigenvalue weighted by Crippen LogP contribution is -2.12. The summed E-state index contributed by atoms with van der Waals surface area (Å²) in [6, 6.07) is 5.81. The molecule has 0 spiro atoms. The van der Waals surface area contributed by atoms with E-state index in [1.165, 1.54) is 5.56 Å². The van der Waals surface area contributed by atoms with Gasteiger partial charge in [0.1, 0.15) is 0 Å². The van der Waals surface area contributed by atoms with Crippen LogP contribution in [-0.2, 0) is 17.6 Å². The van der Waals surface area contributed by atoms with Crippen LogP contribution in [0.5, 0.6) is 0 Å². The van der Waals surface area contributed by atoms with E-state index in [0.29, 0.717) is 12.0 Å². The van der Waals surface area contributed by atoms with E-state index in [2.05, 4.69) is 13.0 Å².